The summed E-state index contributed by atoms with van der Waals surface area (Å²) in [4.78, 5) is 26.2. The number of rotatable bonds is 4. The molecule has 3 aromatic rings. The van der Waals surface area contributed by atoms with Gasteiger partial charge in [0.1, 0.15) is 10.8 Å². The second-order valence-electron chi connectivity index (χ2n) is 6.65. The van der Waals surface area contributed by atoms with Gasteiger partial charge in [0.15, 0.2) is 5.76 Å². The lowest BCUT2D eigenvalue weighted by Gasteiger charge is -2.11. The molecule has 0 spiro atoms. The van der Waals surface area contributed by atoms with Gasteiger partial charge in [0.25, 0.3) is 5.91 Å². The molecule has 29 heavy (non-hydrogen) atoms. The summed E-state index contributed by atoms with van der Waals surface area (Å²) in [6, 6.07) is 8.28. The lowest BCUT2D eigenvalue weighted by atomic mass is 9.95. The molecule has 1 amide bonds. The number of furan rings is 1. The first kappa shape index (κ1) is 20.0. The second-order valence-corrected chi connectivity index (χ2v) is 8.60. The normalized spacial score (nSPS) is 13.1. The monoisotopic (exact) mass is 449 g/mol. The molecule has 1 aliphatic rings. The van der Waals surface area contributed by atoms with Crippen LogP contribution in [-0.4, -0.2) is 19.0 Å². The van der Waals surface area contributed by atoms with Gasteiger partial charge in [-0.3, -0.25) is 4.79 Å². The van der Waals surface area contributed by atoms with Crippen LogP contribution in [0.2, 0.25) is 10.0 Å². The molecule has 8 heteroatoms. The Balaban J connectivity index is 1.61. The highest BCUT2D eigenvalue weighted by atomic mass is 35.5. The standard InChI is InChI=1S/C21H17Cl2NO4S/c1-27-21(26)18-13-4-2-3-5-17(13)29-20(18)24-19(25)16-9-8-15(28-16)12-7-6-11(22)10-14(12)23/h6-10H,2-5H2,1H3,(H,24,25). The maximum absolute atomic E-state index is 12.8. The molecule has 0 bridgehead atoms. The van der Waals surface area contributed by atoms with Gasteiger partial charge in [0.05, 0.1) is 17.7 Å². The fraction of sp³-hybridized carbons (Fsp3) is 0.238. The number of fused-ring (bicyclic) bond motifs is 1. The number of ether oxygens (including phenoxy) is 1. The lowest BCUT2D eigenvalue weighted by Crippen LogP contribution is -2.14. The van der Waals surface area contributed by atoms with Gasteiger partial charge in [-0.15, -0.1) is 11.3 Å². The van der Waals surface area contributed by atoms with Crippen LogP contribution in [0.3, 0.4) is 0 Å². The van der Waals surface area contributed by atoms with Crippen LogP contribution >= 0.6 is 34.5 Å². The van der Waals surface area contributed by atoms with Crippen molar-refractivity contribution in [1.82, 2.24) is 0 Å². The predicted molar refractivity (Wildman–Crippen MR) is 114 cm³/mol. The zero-order valence-corrected chi connectivity index (χ0v) is 17.8. The number of hydrogen-bond acceptors (Lipinski definition) is 5. The number of carbonyl (C=O) groups excluding carboxylic acids is 2. The van der Waals surface area contributed by atoms with E-state index in [2.05, 4.69) is 5.32 Å². The Labute approximate surface area is 181 Å². The average molecular weight is 450 g/mol. The molecule has 0 aliphatic heterocycles. The number of thiophene rings is 1. The number of methoxy groups -OCH3 is 1. The van der Waals surface area contributed by atoms with E-state index >= 15 is 0 Å². The van der Waals surface area contributed by atoms with Crippen LogP contribution in [0.15, 0.2) is 34.7 Å². The highest BCUT2D eigenvalue weighted by Gasteiger charge is 2.27. The molecule has 0 radical (unpaired) electrons. The van der Waals surface area contributed by atoms with Crippen molar-refractivity contribution in [2.45, 2.75) is 25.7 Å². The summed E-state index contributed by atoms with van der Waals surface area (Å²) in [5.41, 5.74) is 2.07. The summed E-state index contributed by atoms with van der Waals surface area (Å²) in [5, 5.41) is 4.26. The van der Waals surface area contributed by atoms with Crippen LogP contribution in [0.25, 0.3) is 11.3 Å². The molecule has 1 N–H and O–H groups in total. The molecule has 150 valence electrons. The van der Waals surface area contributed by atoms with Gasteiger partial charge in [-0.25, -0.2) is 4.79 Å². The summed E-state index contributed by atoms with van der Waals surface area (Å²) in [7, 11) is 1.34. The Morgan fingerprint density at radius 3 is 2.69 bits per heavy atom. The molecule has 2 aromatic heterocycles. The molecule has 0 saturated heterocycles. The SMILES string of the molecule is COC(=O)c1c(NC(=O)c2ccc(-c3ccc(Cl)cc3Cl)o2)sc2c1CCCC2. The Morgan fingerprint density at radius 1 is 1.14 bits per heavy atom. The molecule has 1 aliphatic carbocycles. The van der Waals surface area contributed by atoms with Crippen molar-refractivity contribution in [2.75, 3.05) is 12.4 Å². The number of hydrogen-bond donors (Lipinski definition) is 1. The molecular formula is C21H17Cl2NO4S. The van der Waals surface area contributed by atoms with Crippen LogP contribution in [0.5, 0.6) is 0 Å². The largest absolute Gasteiger partial charge is 0.465 e. The maximum Gasteiger partial charge on any atom is 0.341 e. The van der Waals surface area contributed by atoms with E-state index in [1.165, 1.54) is 18.4 Å². The zero-order valence-electron chi connectivity index (χ0n) is 15.5. The molecule has 0 saturated carbocycles. The third-order valence-corrected chi connectivity index (χ3v) is 6.57. The van der Waals surface area contributed by atoms with Crippen LogP contribution in [0, 0.1) is 0 Å². The average Bonchev–Trinajstić information content (AvgIpc) is 3.32. The van der Waals surface area contributed by atoms with E-state index in [0.717, 1.165) is 36.1 Å². The fourth-order valence-corrected chi connectivity index (χ4v) is 5.20. The van der Waals surface area contributed by atoms with Gasteiger partial charge in [-0.2, -0.15) is 0 Å². The first-order valence-corrected chi connectivity index (χ1v) is 10.6. The van der Waals surface area contributed by atoms with Gasteiger partial charge < -0.3 is 14.5 Å². The Hall–Kier alpha value is -2.28. The highest BCUT2D eigenvalue weighted by molar-refractivity contribution is 7.17. The highest BCUT2D eigenvalue weighted by Crippen LogP contribution is 2.39. The first-order chi connectivity index (χ1) is 14.0. The Bertz CT molecular complexity index is 1100. The number of esters is 1. The van der Waals surface area contributed by atoms with Crippen LogP contribution in [-0.2, 0) is 17.6 Å². The van der Waals surface area contributed by atoms with Crippen molar-refractivity contribution in [3.63, 3.8) is 0 Å². The molecule has 2 heterocycles. The molecule has 0 unspecified atom stereocenters. The van der Waals surface area contributed by atoms with Crippen molar-refractivity contribution >= 4 is 51.4 Å². The first-order valence-electron chi connectivity index (χ1n) is 9.07. The topological polar surface area (TPSA) is 68.5 Å². The number of anilines is 1. The fourth-order valence-electron chi connectivity index (χ4n) is 3.43. The van der Waals surface area contributed by atoms with E-state index in [0.29, 0.717) is 31.9 Å². The molecule has 0 atom stereocenters. The third-order valence-electron chi connectivity index (χ3n) is 4.81. The molecular weight excluding hydrogens is 433 g/mol. The minimum absolute atomic E-state index is 0.119. The Kier molecular flexibility index (Phi) is 5.67. The summed E-state index contributed by atoms with van der Waals surface area (Å²) in [6.45, 7) is 0. The summed E-state index contributed by atoms with van der Waals surface area (Å²) >= 11 is 13.6. The van der Waals surface area contributed by atoms with Crippen molar-refractivity contribution in [3.05, 3.63) is 62.1 Å². The van der Waals surface area contributed by atoms with Crippen LogP contribution < -0.4 is 5.32 Å². The molecule has 1 aromatic carbocycles. The third kappa shape index (κ3) is 3.92. The van der Waals surface area contributed by atoms with Gasteiger partial charge in [-0.1, -0.05) is 23.2 Å². The number of amides is 1. The molecule has 4 rings (SSSR count). The van der Waals surface area contributed by atoms with E-state index in [1.54, 1.807) is 30.3 Å². The van der Waals surface area contributed by atoms with E-state index in [9.17, 15) is 9.59 Å². The number of benzene rings is 1. The van der Waals surface area contributed by atoms with Gasteiger partial charge >= 0.3 is 5.97 Å². The predicted octanol–water partition coefficient (Wildman–Crippen LogP) is 6.23. The number of nitrogens with one attached hydrogen (secondary N) is 1. The molecule has 0 fully saturated rings. The Morgan fingerprint density at radius 2 is 1.93 bits per heavy atom. The minimum atomic E-state index is -0.440. The van der Waals surface area contributed by atoms with Gasteiger partial charge in [-0.05, 0) is 61.6 Å². The van der Waals surface area contributed by atoms with E-state index in [-0.39, 0.29) is 5.76 Å². The van der Waals surface area contributed by atoms with Crippen molar-refractivity contribution in [2.24, 2.45) is 0 Å². The van der Waals surface area contributed by atoms with Crippen molar-refractivity contribution in [1.29, 1.82) is 0 Å². The number of halogens is 2. The quantitative estimate of drug-likeness (QED) is 0.479. The van der Waals surface area contributed by atoms with Crippen LogP contribution in [0.1, 0.15) is 44.2 Å². The summed E-state index contributed by atoms with van der Waals surface area (Å²) < 4.78 is 10.6. The number of carbonyl (C=O) groups is 2. The minimum Gasteiger partial charge on any atom is -0.465 e. The maximum atomic E-state index is 12.8. The smallest absolute Gasteiger partial charge is 0.341 e. The van der Waals surface area contributed by atoms with E-state index < -0.39 is 11.9 Å². The number of aryl methyl sites for hydroxylation is 1. The van der Waals surface area contributed by atoms with Crippen molar-refractivity contribution < 1.29 is 18.7 Å². The summed E-state index contributed by atoms with van der Waals surface area (Å²) in [5.74, 6) is -0.304. The van der Waals surface area contributed by atoms with Crippen LogP contribution in [0.4, 0.5) is 5.00 Å². The van der Waals surface area contributed by atoms with E-state index in [1.807, 2.05) is 0 Å². The zero-order chi connectivity index (χ0) is 20.5. The summed E-state index contributed by atoms with van der Waals surface area (Å²) in [6.07, 6.45) is 3.81. The van der Waals surface area contributed by atoms with Crippen molar-refractivity contribution in [3.8, 4) is 11.3 Å². The van der Waals surface area contributed by atoms with Gasteiger partial charge in [0.2, 0.25) is 0 Å². The second kappa shape index (κ2) is 8.22. The molecule has 5 nitrogen and oxygen atoms in total. The van der Waals surface area contributed by atoms with Gasteiger partial charge in [0, 0.05) is 15.5 Å². The van der Waals surface area contributed by atoms with E-state index in [4.69, 9.17) is 32.4 Å². The lowest BCUT2D eigenvalue weighted by molar-refractivity contribution is 0.0601.